The van der Waals surface area contributed by atoms with Gasteiger partial charge in [-0.2, -0.15) is 0 Å². The Morgan fingerprint density at radius 1 is 1.64 bits per heavy atom. The zero-order valence-corrected chi connectivity index (χ0v) is 6.73. The van der Waals surface area contributed by atoms with Crippen LogP contribution in [0.1, 0.15) is 12.8 Å². The van der Waals surface area contributed by atoms with Gasteiger partial charge in [0.05, 0.1) is 6.54 Å². The molecule has 0 saturated heterocycles. The third kappa shape index (κ3) is 5.52. The number of hydrogen-bond acceptors (Lipinski definition) is 3. The molecule has 3 nitrogen and oxygen atoms in total. The van der Waals surface area contributed by atoms with Gasteiger partial charge in [-0.15, -0.1) is 0 Å². The molecule has 0 aromatic rings. The van der Waals surface area contributed by atoms with Gasteiger partial charge in [0, 0.05) is 5.57 Å². The van der Waals surface area contributed by atoms with E-state index < -0.39 is 5.24 Å². The van der Waals surface area contributed by atoms with Crippen LogP contribution in [0.25, 0.3) is 0 Å². The lowest BCUT2D eigenvalue weighted by molar-refractivity contribution is -0.108. The molecule has 0 rings (SSSR count). The molecule has 0 unspecified atom stereocenters. The van der Waals surface area contributed by atoms with Crippen molar-refractivity contribution in [2.45, 2.75) is 12.8 Å². The van der Waals surface area contributed by atoms with Gasteiger partial charge in [-0.25, -0.2) is 9.79 Å². The van der Waals surface area contributed by atoms with Gasteiger partial charge < -0.3 is 0 Å². The number of nitrogens with zero attached hydrogens (tertiary/aromatic N) is 1. The highest BCUT2D eigenvalue weighted by Gasteiger charge is 2.00. The maximum atomic E-state index is 10.4. The lowest BCUT2D eigenvalue weighted by Gasteiger charge is -1.94. The SMILES string of the molecule is C=C(CCCN=C=O)C(=O)Cl. The van der Waals surface area contributed by atoms with E-state index in [0.717, 1.165) is 0 Å². The monoisotopic (exact) mass is 173 g/mol. The minimum Gasteiger partial charge on any atom is -0.276 e. The van der Waals surface area contributed by atoms with E-state index in [1.165, 1.54) is 6.08 Å². The molecule has 0 fully saturated rings. The summed E-state index contributed by atoms with van der Waals surface area (Å²) in [5.41, 5.74) is 0.354. The molecule has 0 atom stereocenters. The molecule has 0 amide bonds. The van der Waals surface area contributed by atoms with E-state index in [-0.39, 0.29) is 0 Å². The summed E-state index contributed by atoms with van der Waals surface area (Å²) in [6, 6.07) is 0. The molecule has 0 bridgehead atoms. The number of isocyanates is 1. The van der Waals surface area contributed by atoms with Crippen LogP contribution in [0.4, 0.5) is 0 Å². The van der Waals surface area contributed by atoms with Gasteiger partial charge in [0.2, 0.25) is 11.3 Å². The minimum absolute atomic E-state index is 0.354. The quantitative estimate of drug-likeness (QED) is 0.208. The third-order valence-corrected chi connectivity index (χ3v) is 1.36. The van der Waals surface area contributed by atoms with Gasteiger partial charge in [-0.3, -0.25) is 4.79 Å². The van der Waals surface area contributed by atoms with Gasteiger partial charge in [-0.05, 0) is 24.4 Å². The van der Waals surface area contributed by atoms with Crippen molar-refractivity contribution in [1.82, 2.24) is 0 Å². The van der Waals surface area contributed by atoms with Crippen LogP contribution in [0.2, 0.25) is 0 Å². The first-order valence-corrected chi connectivity index (χ1v) is 3.47. The number of hydrogen-bond donors (Lipinski definition) is 0. The summed E-state index contributed by atoms with van der Waals surface area (Å²) < 4.78 is 0. The maximum absolute atomic E-state index is 10.4. The standard InChI is InChI=1S/C7H8ClNO2/c1-6(7(8)11)3-2-4-9-5-10/h1-4H2. The number of halogens is 1. The first-order valence-electron chi connectivity index (χ1n) is 3.09. The minimum atomic E-state index is -0.528. The van der Waals surface area contributed by atoms with E-state index in [9.17, 15) is 9.59 Å². The van der Waals surface area contributed by atoms with Crippen LogP contribution in [0.3, 0.4) is 0 Å². The summed E-state index contributed by atoms with van der Waals surface area (Å²) in [7, 11) is 0. The van der Waals surface area contributed by atoms with Crippen LogP contribution in [-0.2, 0) is 9.59 Å². The molecule has 0 aliphatic heterocycles. The van der Waals surface area contributed by atoms with Gasteiger partial charge in [0.15, 0.2) is 0 Å². The second-order valence-corrected chi connectivity index (χ2v) is 2.30. The average Bonchev–Trinajstić information content (AvgIpc) is 1.97. The number of rotatable bonds is 5. The largest absolute Gasteiger partial charge is 0.276 e. The Morgan fingerprint density at radius 3 is 2.73 bits per heavy atom. The van der Waals surface area contributed by atoms with Crippen LogP contribution >= 0.6 is 11.6 Å². The number of aliphatic imine (C=N–C) groups is 1. The second kappa shape index (κ2) is 5.83. The molecule has 0 aliphatic rings. The summed E-state index contributed by atoms with van der Waals surface area (Å²) in [6.07, 6.45) is 2.48. The normalized spacial score (nSPS) is 8.45. The van der Waals surface area contributed by atoms with E-state index in [4.69, 9.17) is 11.6 Å². The van der Waals surface area contributed by atoms with Gasteiger partial charge in [0.25, 0.3) is 0 Å². The second-order valence-electron chi connectivity index (χ2n) is 1.95. The van der Waals surface area contributed by atoms with Crippen molar-refractivity contribution < 1.29 is 9.59 Å². The van der Waals surface area contributed by atoms with E-state index in [2.05, 4.69) is 11.6 Å². The molecular formula is C7H8ClNO2. The third-order valence-electron chi connectivity index (χ3n) is 1.09. The topological polar surface area (TPSA) is 46.5 Å². The van der Waals surface area contributed by atoms with E-state index in [0.29, 0.717) is 25.0 Å². The molecule has 0 heterocycles. The Kier molecular flexibility index (Phi) is 5.35. The van der Waals surface area contributed by atoms with E-state index in [1.807, 2.05) is 0 Å². The fraction of sp³-hybridized carbons (Fsp3) is 0.429. The molecule has 0 spiro atoms. The van der Waals surface area contributed by atoms with Crippen molar-refractivity contribution in [3.05, 3.63) is 12.2 Å². The van der Waals surface area contributed by atoms with E-state index in [1.54, 1.807) is 0 Å². The van der Waals surface area contributed by atoms with Crippen molar-refractivity contribution in [3.8, 4) is 0 Å². The highest BCUT2D eigenvalue weighted by Crippen LogP contribution is 2.05. The van der Waals surface area contributed by atoms with Crippen LogP contribution in [0.15, 0.2) is 17.1 Å². The zero-order valence-electron chi connectivity index (χ0n) is 5.97. The molecule has 4 heteroatoms. The smallest absolute Gasteiger partial charge is 0.247 e. The summed E-state index contributed by atoms with van der Waals surface area (Å²) in [6.45, 7) is 3.80. The van der Waals surface area contributed by atoms with Crippen LogP contribution in [-0.4, -0.2) is 17.9 Å². The lowest BCUT2D eigenvalue weighted by Crippen LogP contribution is -1.92. The molecule has 0 saturated carbocycles. The highest BCUT2D eigenvalue weighted by molar-refractivity contribution is 6.67. The Morgan fingerprint density at radius 2 is 2.27 bits per heavy atom. The van der Waals surface area contributed by atoms with E-state index >= 15 is 0 Å². The maximum Gasteiger partial charge on any atom is 0.247 e. The molecule has 0 aliphatic carbocycles. The Labute approximate surface area is 69.8 Å². The summed E-state index contributed by atoms with van der Waals surface area (Å²) in [4.78, 5) is 23.2. The van der Waals surface area contributed by atoms with Gasteiger partial charge in [0.1, 0.15) is 0 Å². The fourth-order valence-corrected chi connectivity index (χ4v) is 0.610. The summed E-state index contributed by atoms with van der Waals surface area (Å²) in [5.74, 6) is 0. The van der Waals surface area contributed by atoms with Crippen molar-refractivity contribution in [1.29, 1.82) is 0 Å². The van der Waals surface area contributed by atoms with Crippen molar-refractivity contribution in [2.75, 3.05) is 6.54 Å². The van der Waals surface area contributed by atoms with Crippen molar-refractivity contribution in [2.24, 2.45) is 4.99 Å². The molecular weight excluding hydrogens is 166 g/mol. The summed E-state index contributed by atoms with van der Waals surface area (Å²) >= 11 is 5.09. The molecule has 60 valence electrons. The molecule has 0 aromatic heterocycles. The highest BCUT2D eigenvalue weighted by atomic mass is 35.5. The molecule has 0 N–H and O–H groups in total. The van der Waals surface area contributed by atoms with Gasteiger partial charge in [-0.1, -0.05) is 6.58 Å². The van der Waals surface area contributed by atoms with Crippen molar-refractivity contribution in [3.63, 3.8) is 0 Å². The molecule has 0 radical (unpaired) electrons. The predicted octanol–water partition coefficient (Wildman–Crippen LogP) is 1.42. The predicted molar refractivity (Wildman–Crippen MR) is 42.2 cm³/mol. The van der Waals surface area contributed by atoms with Crippen LogP contribution < -0.4 is 0 Å². The van der Waals surface area contributed by atoms with Gasteiger partial charge >= 0.3 is 0 Å². The number of carbonyl (C=O) groups excluding carboxylic acids is 2. The Bertz CT molecular complexity index is 206. The average molecular weight is 174 g/mol. The zero-order chi connectivity index (χ0) is 8.69. The fourth-order valence-electron chi connectivity index (χ4n) is 0.515. The summed E-state index contributed by atoms with van der Waals surface area (Å²) in [5, 5.41) is -0.528. The molecule has 0 aromatic carbocycles. The number of allylic oxidation sites excluding steroid dienone is 1. The van der Waals surface area contributed by atoms with Crippen molar-refractivity contribution >= 4 is 22.9 Å². The van der Waals surface area contributed by atoms with Crippen LogP contribution in [0.5, 0.6) is 0 Å². The first-order chi connectivity index (χ1) is 5.18. The molecule has 11 heavy (non-hydrogen) atoms. The first kappa shape index (κ1) is 10.1. The number of carbonyl (C=O) groups is 1. The van der Waals surface area contributed by atoms with Crippen LogP contribution in [0, 0.1) is 0 Å². The Balaban J connectivity index is 3.47. The lowest BCUT2D eigenvalue weighted by atomic mass is 10.2. The Hall–Kier alpha value is -0.920.